The number of carbonyl (C=O) groups excluding carboxylic acids is 1. The third-order valence-corrected chi connectivity index (χ3v) is 5.63. The molecule has 2 aromatic heterocycles. The number of aliphatic carboxylic acids is 1. The first-order valence-electron chi connectivity index (χ1n) is 9.30. The molecule has 1 aromatic carbocycles. The smallest absolute Gasteiger partial charge is 0.340 e. The van der Waals surface area contributed by atoms with E-state index >= 15 is 0 Å². The molecule has 1 amide bonds. The quantitative estimate of drug-likeness (QED) is 0.698. The van der Waals surface area contributed by atoms with E-state index < -0.39 is 17.5 Å². The summed E-state index contributed by atoms with van der Waals surface area (Å²) in [5.41, 5.74) is 2.51. The average molecular weight is 383 g/mol. The Bertz CT molecular complexity index is 1160. The van der Waals surface area contributed by atoms with Crippen LogP contribution in [0.25, 0.3) is 21.9 Å². The van der Waals surface area contributed by atoms with Gasteiger partial charge in [0.15, 0.2) is 0 Å². The number of carboxylic acids is 1. The van der Waals surface area contributed by atoms with Gasteiger partial charge in [-0.3, -0.25) is 9.59 Å². The molecule has 1 saturated heterocycles. The van der Waals surface area contributed by atoms with Gasteiger partial charge in [0.05, 0.1) is 24.2 Å². The van der Waals surface area contributed by atoms with Crippen LogP contribution in [0.1, 0.15) is 29.5 Å². The topological polar surface area (TPSA) is 101 Å². The molecule has 146 valence electrons. The number of carbonyl (C=O) groups is 2. The van der Waals surface area contributed by atoms with Gasteiger partial charge in [-0.2, -0.15) is 0 Å². The molecule has 1 fully saturated rings. The maximum absolute atomic E-state index is 12.7. The van der Waals surface area contributed by atoms with Crippen molar-refractivity contribution in [1.29, 1.82) is 0 Å². The van der Waals surface area contributed by atoms with Crippen molar-refractivity contribution in [1.82, 2.24) is 4.90 Å². The Morgan fingerprint density at radius 1 is 1.21 bits per heavy atom. The lowest BCUT2D eigenvalue weighted by molar-refractivity contribution is -0.145. The van der Waals surface area contributed by atoms with Gasteiger partial charge in [-0.25, -0.2) is 4.79 Å². The summed E-state index contributed by atoms with van der Waals surface area (Å²) in [6.45, 7) is 4.43. The van der Waals surface area contributed by atoms with Crippen LogP contribution < -0.4 is 5.63 Å². The molecule has 28 heavy (non-hydrogen) atoms. The number of hydrogen-bond donors (Lipinski definition) is 1. The Balaban J connectivity index is 1.69. The second kappa shape index (κ2) is 6.82. The standard InChI is InChI=1S/C21H21NO6/c1-11-10-27-17-8-18-15(6-14(11)17)12(2)16(21(26)28-18)7-19(23)22-5-3-4-13(9-22)20(24)25/h6,8,10,13H,3-5,7,9H2,1-2H3,(H,24,25)/t13-/m0/s1. The third-order valence-electron chi connectivity index (χ3n) is 5.63. The van der Waals surface area contributed by atoms with Crippen molar-refractivity contribution in [3.8, 4) is 0 Å². The number of amides is 1. The molecule has 0 saturated carbocycles. The number of likely N-dealkylation sites (tertiary alicyclic amines) is 1. The monoisotopic (exact) mass is 383 g/mol. The lowest BCUT2D eigenvalue weighted by Crippen LogP contribution is -2.43. The van der Waals surface area contributed by atoms with Crippen molar-refractivity contribution >= 4 is 33.8 Å². The van der Waals surface area contributed by atoms with E-state index in [2.05, 4.69) is 0 Å². The summed E-state index contributed by atoms with van der Waals surface area (Å²) >= 11 is 0. The van der Waals surface area contributed by atoms with Gasteiger partial charge in [-0.05, 0) is 43.9 Å². The van der Waals surface area contributed by atoms with Crippen LogP contribution in [-0.2, 0) is 16.0 Å². The first kappa shape index (κ1) is 18.3. The van der Waals surface area contributed by atoms with Gasteiger partial charge in [0.1, 0.15) is 11.2 Å². The first-order valence-corrected chi connectivity index (χ1v) is 9.30. The lowest BCUT2D eigenvalue weighted by Gasteiger charge is -2.30. The molecule has 3 aromatic rings. The molecule has 1 aliphatic rings. The number of piperidine rings is 1. The number of nitrogens with zero attached hydrogens (tertiary/aromatic N) is 1. The van der Waals surface area contributed by atoms with Crippen molar-refractivity contribution in [2.24, 2.45) is 5.92 Å². The Morgan fingerprint density at radius 2 is 2.00 bits per heavy atom. The third kappa shape index (κ3) is 3.06. The Labute approximate surface area is 160 Å². The lowest BCUT2D eigenvalue weighted by atomic mass is 9.97. The zero-order valence-corrected chi connectivity index (χ0v) is 15.8. The molecule has 0 aliphatic carbocycles. The van der Waals surface area contributed by atoms with E-state index in [0.29, 0.717) is 41.7 Å². The summed E-state index contributed by atoms with van der Waals surface area (Å²) in [6.07, 6.45) is 2.76. The number of fused-ring (bicyclic) bond motifs is 2. The Hall–Kier alpha value is -3.09. The van der Waals surface area contributed by atoms with E-state index in [0.717, 1.165) is 16.3 Å². The molecule has 0 unspecified atom stereocenters. The van der Waals surface area contributed by atoms with E-state index in [1.54, 1.807) is 19.3 Å². The minimum atomic E-state index is -0.890. The molecular weight excluding hydrogens is 362 g/mol. The molecule has 1 N–H and O–H groups in total. The van der Waals surface area contributed by atoms with E-state index in [4.69, 9.17) is 8.83 Å². The van der Waals surface area contributed by atoms with Crippen LogP contribution in [0.4, 0.5) is 0 Å². The van der Waals surface area contributed by atoms with Crippen molar-refractivity contribution in [3.63, 3.8) is 0 Å². The fourth-order valence-corrected chi connectivity index (χ4v) is 3.91. The van der Waals surface area contributed by atoms with E-state index in [1.165, 1.54) is 4.90 Å². The highest BCUT2D eigenvalue weighted by Crippen LogP contribution is 2.29. The summed E-state index contributed by atoms with van der Waals surface area (Å²) in [5.74, 6) is -1.69. The summed E-state index contributed by atoms with van der Waals surface area (Å²) in [7, 11) is 0. The minimum absolute atomic E-state index is 0.0984. The number of benzene rings is 1. The fraction of sp³-hybridized carbons (Fsp3) is 0.381. The van der Waals surface area contributed by atoms with Gasteiger partial charge in [0.25, 0.3) is 0 Å². The first-order chi connectivity index (χ1) is 13.3. The van der Waals surface area contributed by atoms with Gasteiger partial charge in [-0.15, -0.1) is 0 Å². The molecule has 0 spiro atoms. The fourth-order valence-electron chi connectivity index (χ4n) is 3.91. The molecule has 0 radical (unpaired) electrons. The van der Waals surface area contributed by atoms with Crippen LogP contribution in [0, 0.1) is 19.8 Å². The number of rotatable bonds is 3. The van der Waals surface area contributed by atoms with Crippen molar-refractivity contribution in [3.05, 3.63) is 45.5 Å². The molecule has 4 rings (SSSR count). The highest BCUT2D eigenvalue weighted by molar-refractivity contribution is 5.96. The predicted molar refractivity (Wildman–Crippen MR) is 102 cm³/mol. The Morgan fingerprint density at radius 3 is 2.75 bits per heavy atom. The van der Waals surface area contributed by atoms with Crippen LogP contribution in [0.15, 0.2) is 32.0 Å². The van der Waals surface area contributed by atoms with E-state index in [-0.39, 0.29) is 18.9 Å². The van der Waals surface area contributed by atoms with Crippen molar-refractivity contribution in [2.45, 2.75) is 33.1 Å². The van der Waals surface area contributed by atoms with E-state index in [9.17, 15) is 19.5 Å². The summed E-state index contributed by atoms with van der Waals surface area (Å²) in [6, 6.07) is 3.61. The summed E-state index contributed by atoms with van der Waals surface area (Å²) in [4.78, 5) is 38.0. The molecule has 1 aliphatic heterocycles. The maximum Gasteiger partial charge on any atom is 0.340 e. The van der Waals surface area contributed by atoms with Gasteiger partial charge in [0.2, 0.25) is 5.91 Å². The van der Waals surface area contributed by atoms with Crippen LogP contribution in [-0.4, -0.2) is 35.0 Å². The molecule has 0 bridgehead atoms. The second-order valence-electron chi connectivity index (χ2n) is 7.45. The largest absolute Gasteiger partial charge is 0.481 e. The highest BCUT2D eigenvalue weighted by Gasteiger charge is 2.29. The van der Waals surface area contributed by atoms with Crippen molar-refractivity contribution < 1.29 is 23.5 Å². The maximum atomic E-state index is 12.7. The number of furan rings is 1. The van der Waals surface area contributed by atoms with Crippen molar-refractivity contribution in [2.75, 3.05) is 13.1 Å². The zero-order valence-electron chi connectivity index (χ0n) is 15.8. The summed E-state index contributed by atoms with van der Waals surface area (Å²) in [5, 5.41) is 10.9. The average Bonchev–Trinajstić information content (AvgIpc) is 3.03. The zero-order chi connectivity index (χ0) is 20.0. The molecule has 1 atom stereocenters. The van der Waals surface area contributed by atoms with Gasteiger partial charge >= 0.3 is 11.6 Å². The van der Waals surface area contributed by atoms with Gasteiger partial charge < -0.3 is 18.8 Å². The normalized spacial score (nSPS) is 17.4. The molecule has 7 heteroatoms. The Kier molecular flexibility index (Phi) is 4.45. The highest BCUT2D eigenvalue weighted by atomic mass is 16.4. The number of carboxylic acid groups (broad SMARTS) is 1. The number of hydrogen-bond acceptors (Lipinski definition) is 5. The van der Waals surface area contributed by atoms with Crippen LogP contribution >= 0.6 is 0 Å². The number of aryl methyl sites for hydroxylation is 2. The molecule has 3 heterocycles. The predicted octanol–water partition coefficient (Wildman–Crippen LogP) is 3.02. The molecular formula is C21H21NO6. The summed E-state index contributed by atoms with van der Waals surface area (Å²) < 4.78 is 10.9. The second-order valence-corrected chi connectivity index (χ2v) is 7.45. The van der Waals surface area contributed by atoms with Crippen LogP contribution in [0.3, 0.4) is 0 Å². The van der Waals surface area contributed by atoms with Crippen LogP contribution in [0.5, 0.6) is 0 Å². The van der Waals surface area contributed by atoms with Gasteiger partial charge in [0, 0.05) is 29.9 Å². The minimum Gasteiger partial charge on any atom is -0.481 e. The van der Waals surface area contributed by atoms with Crippen LogP contribution in [0.2, 0.25) is 0 Å². The van der Waals surface area contributed by atoms with Gasteiger partial charge in [-0.1, -0.05) is 0 Å². The molecule has 7 nitrogen and oxygen atoms in total. The van der Waals surface area contributed by atoms with E-state index in [1.807, 2.05) is 13.0 Å². The SMILES string of the molecule is Cc1coc2cc3oc(=O)c(CC(=O)N4CCC[C@H](C(=O)O)C4)c(C)c3cc12.